The molecular formula is C19H25NO2. The van der Waals surface area contributed by atoms with Gasteiger partial charge in [0, 0.05) is 12.6 Å². The Morgan fingerprint density at radius 2 is 1.68 bits per heavy atom. The maximum atomic E-state index is 10.2. The van der Waals surface area contributed by atoms with Crippen molar-refractivity contribution in [1.29, 1.82) is 0 Å². The summed E-state index contributed by atoms with van der Waals surface area (Å²) in [4.78, 5) is 0. The Morgan fingerprint density at radius 3 is 2.32 bits per heavy atom. The molecule has 0 amide bonds. The number of benzene rings is 2. The van der Waals surface area contributed by atoms with Crippen molar-refractivity contribution < 1.29 is 10.2 Å². The quantitative estimate of drug-likeness (QED) is 0.700. The van der Waals surface area contributed by atoms with Crippen LogP contribution in [0.3, 0.4) is 0 Å². The number of hydrogen-bond donors (Lipinski definition) is 3. The summed E-state index contributed by atoms with van der Waals surface area (Å²) in [6.45, 7) is 2.72. The predicted molar refractivity (Wildman–Crippen MR) is 89.9 cm³/mol. The molecule has 2 rings (SSSR count). The van der Waals surface area contributed by atoms with E-state index in [9.17, 15) is 10.2 Å². The van der Waals surface area contributed by atoms with Crippen LogP contribution >= 0.6 is 0 Å². The van der Waals surface area contributed by atoms with Gasteiger partial charge in [0.2, 0.25) is 0 Å². The third-order valence-corrected chi connectivity index (χ3v) is 3.99. The number of aryl methyl sites for hydroxylation is 1. The molecule has 0 saturated heterocycles. The summed E-state index contributed by atoms with van der Waals surface area (Å²) < 4.78 is 0. The molecular weight excluding hydrogens is 274 g/mol. The Morgan fingerprint density at radius 1 is 1.00 bits per heavy atom. The summed E-state index contributed by atoms with van der Waals surface area (Å²) >= 11 is 0. The minimum Gasteiger partial charge on any atom is -0.508 e. The minimum atomic E-state index is -0.469. The number of aliphatic hydroxyl groups excluding tert-OH is 1. The van der Waals surface area contributed by atoms with Crippen molar-refractivity contribution in [1.82, 2.24) is 5.32 Å². The van der Waals surface area contributed by atoms with Crippen molar-refractivity contribution in [2.24, 2.45) is 0 Å². The summed E-state index contributed by atoms with van der Waals surface area (Å²) in [7, 11) is 0. The molecule has 0 fully saturated rings. The molecule has 3 N–H and O–H groups in total. The Labute approximate surface area is 132 Å². The van der Waals surface area contributed by atoms with Gasteiger partial charge in [-0.3, -0.25) is 0 Å². The lowest BCUT2D eigenvalue weighted by Crippen LogP contribution is -2.32. The molecule has 2 atom stereocenters. The number of rotatable bonds is 8. The van der Waals surface area contributed by atoms with Crippen LogP contribution in [0.2, 0.25) is 0 Å². The molecule has 0 bridgehead atoms. The normalized spacial score (nSPS) is 13.7. The number of aliphatic hydroxyl groups is 1. The molecule has 0 unspecified atom stereocenters. The van der Waals surface area contributed by atoms with E-state index in [2.05, 4.69) is 12.2 Å². The molecule has 2 aromatic carbocycles. The van der Waals surface area contributed by atoms with Crippen LogP contribution in [0.15, 0.2) is 54.6 Å². The first-order valence-electron chi connectivity index (χ1n) is 7.93. The second-order valence-corrected chi connectivity index (χ2v) is 5.65. The first kappa shape index (κ1) is 16.5. The smallest absolute Gasteiger partial charge is 0.115 e. The van der Waals surface area contributed by atoms with Crippen LogP contribution in [-0.4, -0.2) is 22.8 Å². The highest BCUT2D eigenvalue weighted by molar-refractivity contribution is 5.26. The Kier molecular flexibility index (Phi) is 6.44. The fraction of sp³-hybridized carbons (Fsp3) is 0.368. The van der Waals surface area contributed by atoms with E-state index in [1.165, 1.54) is 5.56 Å². The summed E-state index contributed by atoms with van der Waals surface area (Å²) in [6.07, 6.45) is 2.54. The average Bonchev–Trinajstić information content (AvgIpc) is 2.57. The van der Waals surface area contributed by atoms with Crippen molar-refractivity contribution in [3.63, 3.8) is 0 Å². The van der Waals surface area contributed by atoms with E-state index in [4.69, 9.17) is 0 Å². The van der Waals surface area contributed by atoms with Gasteiger partial charge in [-0.15, -0.1) is 0 Å². The maximum Gasteiger partial charge on any atom is 0.115 e. The van der Waals surface area contributed by atoms with Crippen LogP contribution in [0.25, 0.3) is 0 Å². The first-order chi connectivity index (χ1) is 10.7. The average molecular weight is 299 g/mol. The van der Waals surface area contributed by atoms with Crippen molar-refractivity contribution in [3.05, 3.63) is 65.7 Å². The van der Waals surface area contributed by atoms with Crippen molar-refractivity contribution in [2.45, 2.75) is 38.3 Å². The highest BCUT2D eigenvalue weighted by Crippen LogP contribution is 2.14. The Hall–Kier alpha value is -1.84. The zero-order valence-corrected chi connectivity index (χ0v) is 13.1. The molecule has 0 heterocycles. The van der Waals surface area contributed by atoms with Crippen molar-refractivity contribution >= 4 is 0 Å². The number of aromatic hydroxyl groups is 1. The molecule has 0 saturated carbocycles. The lowest BCUT2D eigenvalue weighted by atomic mass is 10.0. The van der Waals surface area contributed by atoms with Gasteiger partial charge in [0.1, 0.15) is 5.75 Å². The summed E-state index contributed by atoms with van der Waals surface area (Å²) in [5, 5.41) is 22.9. The van der Waals surface area contributed by atoms with Crippen LogP contribution in [0.4, 0.5) is 0 Å². The van der Waals surface area contributed by atoms with Crippen LogP contribution < -0.4 is 5.32 Å². The Bertz CT molecular complexity index is 539. The van der Waals surface area contributed by atoms with Gasteiger partial charge in [0.15, 0.2) is 0 Å². The van der Waals surface area contributed by atoms with Gasteiger partial charge < -0.3 is 15.5 Å². The van der Waals surface area contributed by atoms with Gasteiger partial charge in [-0.1, -0.05) is 49.4 Å². The molecule has 0 aromatic heterocycles. The fourth-order valence-corrected chi connectivity index (χ4v) is 2.53. The van der Waals surface area contributed by atoms with E-state index in [0.29, 0.717) is 18.3 Å². The molecule has 3 nitrogen and oxygen atoms in total. The molecule has 0 aliphatic rings. The Balaban J connectivity index is 1.78. The van der Waals surface area contributed by atoms with Crippen molar-refractivity contribution in [2.75, 3.05) is 6.54 Å². The van der Waals surface area contributed by atoms with Crippen LogP contribution in [-0.2, 0) is 6.42 Å². The van der Waals surface area contributed by atoms with Crippen LogP contribution in [0.1, 0.15) is 37.0 Å². The largest absolute Gasteiger partial charge is 0.508 e. The van der Waals surface area contributed by atoms with E-state index in [1.54, 1.807) is 12.1 Å². The monoisotopic (exact) mass is 299 g/mol. The second-order valence-electron chi connectivity index (χ2n) is 5.65. The summed E-state index contributed by atoms with van der Waals surface area (Å²) in [5.74, 6) is 0.305. The zero-order valence-electron chi connectivity index (χ0n) is 13.1. The van der Waals surface area contributed by atoms with E-state index in [1.807, 2.05) is 42.5 Å². The molecule has 0 spiro atoms. The third-order valence-electron chi connectivity index (χ3n) is 3.99. The third kappa shape index (κ3) is 5.17. The molecule has 2 aromatic rings. The predicted octanol–water partition coefficient (Wildman–Crippen LogP) is 3.43. The van der Waals surface area contributed by atoms with Gasteiger partial charge in [-0.05, 0) is 42.5 Å². The number of phenolic OH excluding ortho intramolecular Hbond substituents is 1. The van der Waals surface area contributed by atoms with Gasteiger partial charge in [-0.25, -0.2) is 0 Å². The molecule has 22 heavy (non-hydrogen) atoms. The minimum absolute atomic E-state index is 0.305. The molecule has 0 aliphatic heterocycles. The lowest BCUT2D eigenvalue weighted by Gasteiger charge is -2.20. The van der Waals surface area contributed by atoms with Gasteiger partial charge in [0.05, 0.1) is 6.10 Å². The molecule has 0 radical (unpaired) electrons. The van der Waals surface area contributed by atoms with Gasteiger partial charge >= 0.3 is 0 Å². The van der Waals surface area contributed by atoms with Gasteiger partial charge in [0.25, 0.3) is 0 Å². The lowest BCUT2D eigenvalue weighted by molar-refractivity contribution is 0.168. The maximum absolute atomic E-state index is 10.2. The topological polar surface area (TPSA) is 52.5 Å². The van der Waals surface area contributed by atoms with Crippen LogP contribution in [0.5, 0.6) is 5.75 Å². The highest BCUT2D eigenvalue weighted by Gasteiger charge is 2.11. The number of hydrogen-bond acceptors (Lipinski definition) is 3. The SMILES string of the molecule is CC[C@@H](CCc1ccc(O)cc1)NC[C@H](O)c1ccccc1. The highest BCUT2D eigenvalue weighted by atomic mass is 16.3. The fourth-order valence-electron chi connectivity index (χ4n) is 2.53. The van der Waals surface area contributed by atoms with E-state index < -0.39 is 6.10 Å². The van der Waals surface area contributed by atoms with Gasteiger partial charge in [-0.2, -0.15) is 0 Å². The number of nitrogens with one attached hydrogen (secondary N) is 1. The standard InChI is InChI=1S/C19H25NO2/c1-2-17(11-8-15-9-12-18(21)13-10-15)20-14-19(22)16-6-4-3-5-7-16/h3-7,9-10,12-13,17,19-22H,2,8,11,14H2,1H3/t17-,19-/m0/s1. The summed E-state index contributed by atoms with van der Waals surface area (Å²) in [5.41, 5.74) is 2.17. The van der Waals surface area contributed by atoms with Crippen molar-refractivity contribution in [3.8, 4) is 5.75 Å². The molecule has 118 valence electrons. The van der Waals surface area contributed by atoms with Crippen LogP contribution in [0, 0.1) is 0 Å². The summed E-state index contributed by atoms with van der Waals surface area (Å²) in [6, 6.07) is 17.5. The zero-order chi connectivity index (χ0) is 15.8. The first-order valence-corrected chi connectivity index (χ1v) is 7.93. The molecule has 0 aliphatic carbocycles. The molecule has 3 heteroatoms. The number of phenols is 1. The van der Waals surface area contributed by atoms with E-state index >= 15 is 0 Å². The van der Waals surface area contributed by atoms with E-state index in [-0.39, 0.29) is 0 Å². The second kappa shape index (κ2) is 8.57. The van der Waals surface area contributed by atoms with E-state index in [0.717, 1.165) is 24.8 Å².